The van der Waals surface area contributed by atoms with Gasteiger partial charge in [0.25, 0.3) is 5.91 Å². The second-order valence-corrected chi connectivity index (χ2v) is 5.16. The molecule has 0 unspecified atom stereocenters. The van der Waals surface area contributed by atoms with E-state index in [1.165, 1.54) is 25.6 Å². The molecule has 0 aliphatic rings. The fourth-order valence-corrected chi connectivity index (χ4v) is 2.83. The van der Waals surface area contributed by atoms with Crippen molar-refractivity contribution in [2.45, 2.75) is 6.92 Å². The van der Waals surface area contributed by atoms with Crippen LogP contribution in [0.4, 0.5) is 0 Å². The summed E-state index contributed by atoms with van der Waals surface area (Å²) in [5, 5.41) is 1.91. The molecule has 1 heterocycles. The molecule has 1 aromatic carbocycles. The van der Waals surface area contributed by atoms with Crippen LogP contribution in [-0.4, -0.2) is 37.2 Å². The van der Waals surface area contributed by atoms with Crippen LogP contribution in [0.25, 0.3) is 10.6 Å². The summed E-state index contributed by atoms with van der Waals surface area (Å²) < 4.78 is 5.20. The van der Waals surface area contributed by atoms with Crippen LogP contribution in [0.2, 0.25) is 0 Å². The molecular formula is C14H16N2O3S. The lowest BCUT2D eigenvalue weighted by atomic mass is 10.1. The molecule has 5 nitrogen and oxygen atoms in total. The van der Waals surface area contributed by atoms with Gasteiger partial charge in [-0.2, -0.15) is 0 Å². The standard InChI is InChI=1S/C14H16N2O3S/c1-9-7-5-6-8-10(9)13-15-12(18-3)11(20-13)14(17)16(2)19-4/h5-8H,1-4H3. The Hall–Kier alpha value is -1.92. The Balaban J connectivity index is 2.47. The Bertz CT molecular complexity index is 625. The minimum Gasteiger partial charge on any atom is -0.480 e. The molecule has 0 saturated heterocycles. The maximum atomic E-state index is 12.2. The van der Waals surface area contributed by atoms with Gasteiger partial charge in [0.1, 0.15) is 5.01 Å². The Morgan fingerprint density at radius 2 is 2.00 bits per heavy atom. The SMILES string of the molecule is COc1nc(-c2ccccc2C)sc1C(=O)N(C)OC. The van der Waals surface area contributed by atoms with E-state index in [4.69, 9.17) is 9.57 Å². The van der Waals surface area contributed by atoms with Gasteiger partial charge >= 0.3 is 0 Å². The van der Waals surface area contributed by atoms with Crippen molar-refractivity contribution in [1.82, 2.24) is 10.0 Å². The lowest BCUT2D eigenvalue weighted by molar-refractivity contribution is -0.0755. The van der Waals surface area contributed by atoms with Gasteiger partial charge in [-0.15, -0.1) is 11.3 Å². The third kappa shape index (κ3) is 2.66. The Morgan fingerprint density at radius 3 is 2.60 bits per heavy atom. The van der Waals surface area contributed by atoms with Crippen molar-refractivity contribution < 1.29 is 14.4 Å². The molecule has 1 aromatic heterocycles. The highest BCUT2D eigenvalue weighted by Crippen LogP contribution is 2.34. The van der Waals surface area contributed by atoms with E-state index < -0.39 is 0 Å². The van der Waals surface area contributed by atoms with Gasteiger partial charge in [0.15, 0.2) is 4.88 Å². The smallest absolute Gasteiger partial charge is 0.292 e. The molecule has 6 heteroatoms. The van der Waals surface area contributed by atoms with Crippen molar-refractivity contribution in [2.75, 3.05) is 21.3 Å². The highest BCUT2D eigenvalue weighted by Gasteiger charge is 2.23. The van der Waals surface area contributed by atoms with Crippen LogP contribution in [-0.2, 0) is 4.84 Å². The number of nitrogens with zero attached hydrogens (tertiary/aromatic N) is 2. The monoisotopic (exact) mass is 292 g/mol. The zero-order chi connectivity index (χ0) is 14.7. The molecule has 106 valence electrons. The van der Waals surface area contributed by atoms with Crippen LogP contribution in [0.15, 0.2) is 24.3 Å². The number of amides is 1. The molecule has 0 atom stereocenters. The number of ether oxygens (including phenoxy) is 1. The summed E-state index contributed by atoms with van der Waals surface area (Å²) in [5.74, 6) is 0.0452. The van der Waals surface area contributed by atoms with Gasteiger partial charge in [0, 0.05) is 12.6 Å². The van der Waals surface area contributed by atoms with Crippen LogP contribution in [0.3, 0.4) is 0 Å². The van der Waals surface area contributed by atoms with E-state index in [9.17, 15) is 4.79 Å². The minimum absolute atomic E-state index is 0.276. The highest BCUT2D eigenvalue weighted by atomic mass is 32.1. The zero-order valence-corrected chi connectivity index (χ0v) is 12.7. The van der Waals surface area contributed by atoms with Gasteiger partial charge in [0.05, 0.1) is 14.2 Å². The second-order valence-electron chi connectivity index (χ2n) is 4.16. The van der Waals surface area contributed by atoms with Crippen molar-refractivity contribution in [2.24, 2.45) is 0 Å². The first-order valence-corrected chi connectivity index (χ1v) is 6.83. The Labute approximate surface area is 121 Å². The molecule has 0 aliphatic heterocycles. The van der Waals surface area contributed by atoms with Gasteiger partial charge in [-0.3, -0.25) is 9.63 Å². The summed E-state index contributed by atoms with van der Waals surface area (Å²) in [6.07, 6.45) is 0. The Kier molecular flexibility index (Phi) is 4.36. The van der Waals surface area contributed by atoms with E-state index in [1.54, 1.807) is 7.05 Å². The van der Waals surface area contributed by atoms with Gasteiger partial charge in [-0.05, 0) is 12.5 Å². The minimum atomic E-state index is -0.276. The van der Waals surface area contributed by atoms with E-state index in [1.807, 2.05) is 31.2 Å². The molecule has 1 amide bonds. The largest absolute Gasteiger partial charge is 0.480 e. The number of benzene rings is 1. The van der Waals surface area contributed by atoms with Gasteiger partial charge in [-0.25, -0.2) is 10.0 Å². The van der Waals surface area contributed by atoms with Crippen molar-refractivity contribution >= 4 is 17.2 Å². The lowest BCUT2D eigenvalue weighted by Crippen LogP contribution is -2.24. The van der Waals surface area contributed by atoms with E-state index >= 15 is 0 Å². The number of hydroxylamine groups is 2. The van der Waals surface area contributed by atoms with Crippen molar-refractivity contribution in [1.29, 1.82) is 0 Å². The Morgan fingerprint density at radius 1 is 1.30 bits per heavy atom. The van der Waals surface area contributed by atoms with Crippen LogP contribution >= 0.6 is 11.3 Å². The quantitative estimate of drug-likeness (QED) is 0.813. The maximum Gasteiger partial charge on any atom is 0.292 e. The lowest BCUT2D eigenvalue weighted by Gasteiger charge is -2.12. The summed E-state index contributed by atoms with van der Waals surface area (Å²) in [5.41, 5.74) is 2.10. The first kappa shape index (κ1) is 14.5. The molecule has 0 N–H and O–H groups in total. The summed E-state index contributed by atoms with van der Waals surface area (Å²) in [6.45, 7) is 2.01. The molecule has 0 bridgehead atoms. The molecule has 2 aromatic rings. The fourth-order valence-electron chi connectivity index (χ4n) is 1.73. The van der Waals surface area contributed by atoms with Crippen LogP contribution in [0.1, 0.15) is 15.2 Å². The average molecular weight is 292 g/mol. The molecule has 0 spiro atoms. The first-order valence-electron chi connectivity index (χ1n) is 6.01. The van der Waals surface area contributed by atoms with Crippen molar-refractivity contribution in [3.05, 3.63) is 34.7 Å². The predicted octanol–water partition coefficient (Wildman–Crippen LogP) is 2.76. The van der Waals surface area contributed by atoms with Crippen LogP contribution in [0, 0.1) is 6.92 Å². The number of aryl methyl sites for hydroxylation is 1. The number of hydrogen-bond acceptors (Lipinski definition) is 5. The van der Waals surface area contributed by atoms with Crippen LogP contribution < -0.4 is 4.74 Å². The molecule has 0 fully saturated rings. The predicted molar refractivity (Wildman–Crippen MR) is 77.9 cm³/mol. The number of carbonyl (C=O) groups excluding carboxylic acids is 1. The van der Waals surface area contributed by atoms with E-state index in [0.29, 0.717) is 10.8 Å². The zero-order valence-electron chi connectivity index (χ0n) is 11.8. The van der Waals surface area contributed by atoms with Crippen molar-refractivity contribution in [3.8, 4) is 16.5 Å². The molecular weight excluding hydrogens is 276 g/mol. The summed E-state index contributed by atoms with van der Waals surface area (Å²) in [7, 11) is 4.49. The third-order valence-corrected chi connectivity index (χ3v) is 3.98. The molecule has 0 aliphatic carbocycles. The number of methoxy groups -OCH3 is 1. The summed E-state index contributed by atoms with van der Waals surface area (Å²) in [4.78, 5) is 21.9. The van der Waals surface area contributed by atoms with Gasteiger partial charge in [0.2, 0.25) is 5.88 Å². The van der Waals surface area contributed by atoms with Gasteiger partial charge in [-0.1, -0.05) is 24.3 Å². The second kappa shape index (κ2) is 6.02. The van der Waals surface area contributed by atoms with E-state index in [0.717, 1.165) is 21.2 Å². The van der Waals surface area contributed by atoms with Crippen LogP contribution in [0.5, 0.6) is 5.88 Å². The van der Waals surface area contributed by atoms with Gasteiger partial charge < -0.3 is 4.74 Å². The number of hydrogen-bond donors (Lipinski definition) is 0. The number of carbonyl (C=O) groups is 1. The normalized spacial score (nSPS) is 10.4. The van der Waals surface area contributed by atoms with E-state index in [-0.39, 0.29) is 5.91 Å². The molecule has 2 rings (SSSR count). The number of aromatic nitrogens is 1. The average Bonchev–Trinajstić information content (AvgIpc) is 2.90. The highest BCUT2D eigenvalue weighted by molar-refractivity contribution is 7.17. The maximum absolute atomic E-state index is 12.2. The number of thiazole rings is 1. The fraction of sp³-hybridized carbons (Fsp3) is 0.286. The summed E-state index contributed by atoms with van der Waals surface area (Å²) in [6, 6.07) is 7.89. The summed E-state index contributed by atoms with van der Waals surface area (Å²) >= 11 is 1.30. The topological polar surface area (TPSA) is 51.7 Å². The molecule has 0 saturated carbocycles. The number of rotatable bonds is 4. The van der Waals surface area contributed by atoms with E-state index in [2.05, 4.69) is 4.98 Å². The third-order valence-electron chi connectivity index (χ3n) is 2.92. The first-order chi connectivity index (χ1) is 9.58. The molecule has 20 heavy (non-hydrogen) atoms. The van der Waals surface area contributed by atoms with Crippen molar-refractivity contribution in [3.63, 3.8) is 0 Å². The molecule has 0 radical (unpaired) electrons.